The van der Waals surface area contributed by atoms with E-state index in [0.29, 0.717) is 19.3 Å². The Hall–Kier alpha value is -2.67. The average molecular weight is 417 g/mol. The molecule has 0 bridgehead atoms. The lowest BCUT2D eigenvalue weighted by atomic mass is 9.98. The van der Waals surface area contributed by atoms with Crippen molar-refractivity contribution in [3.05, 3.63) is 48.0 Å². The Morgan fingerprint density at radius 2 is 2.00 bits per heavy atom. The molecule has 2 rings (SSSR count). The summed E-state index contributed by atoms with van der Waals surface area (Å²) in [4.78, 5) is 36.7. The van der Waals surface area contributed by atoms with E-state index in [0.717, 1.165) is 24.8 Å². The molecule has 30 heavy (non-hydrogen) atoms. The molecule has 7 heteroatoms. The lowest BCUT2D eigenvalue weighted by molar-refractivity contribution is -0.144. The molecule has 164 valence electrons. The minimum atomic E-state index is -0.518. The van der Waals surface area contributed by atoms with Crippen LogP contribution in [-0.2, 0) is 25.5 Å². The van der Waals surface area contributed by atoms with E-state index in [1.165, 1.54) is 0 Å². The summed E-state index contributed by atoms with van der Waals surface area (Å²) in [6.07, 6.45) is 7.77. The van der Waals surface area contributed by atoms with E-state index in [4.69, 9.17) is 4.74 Å². The second kappa shape index (κ2) is 13.5. The largest absolute Gasteiger partial charge is 0.464 e. The van der Waals surface area contributed by atoms with Crippen molar-refractivity contribution in [2.75, 3.05) is 19.8 Å². The van der Waals surface area contributed by atoms with Crippen LogP contribution in [0.3, 0.4) is 0 Å². The Morgan fingerprint density at radius 1 is 1.20 bits per heavy atom. The second-order valence-corrected chi connectivity index (χ2v) is 7.50. The highest BCUT2D eigenvalue weighted by atomic mass is 16.5. The van der Waals surface area contributed by atoms with Crippen LogP contribution in [0.2, 0.25) is 0 Å². The third kappa shape index (κ3) is 9.22. The molecule has 1 aliphatic heterocycles. The first-order chi connectivity index (χ1) is 14.6. The van der Waals surface area contributed by atoms with E-state index in [9.17, 15) is 19.5 Å². The third-order valence-electron chi connectivity index (χ3n) is 4.97. The number of benzene rings is 1. The number of rotatable bonds is 6. The van der Waals surface area contributed by atoms with Crippen molar-refractivity contribution < 1.29 is 24.2 Å². The van der Waals surface area contributed by atoms with Gasteiger partial charge in [-0.2, -0.15) is 0 Å². The molecule has 1 heterocycles. The lowest BCUT2D eigenvalue weighted by Gasteiger charge is -2.19. The van der Waals surface area contributed by atoms with E-state index in [1.54, 1.807) is 0 Å². The Balaban J connectivity index is 1.91. The van der Waals surface area contributed by atoms with E-state index in [-0.39, 0.29) is 44.0 Å². The number of esters is 1. The summed E-state index contributed by atoms with van der Waals surface area (Å²) >= 11 is 0. The van der Waals surface area contributed by atoms with Gasteiger partial charge in [-0.3, -0.25) is 14.4 Å². The average Bonchev–Trinajstić information content (AvgIpc) is 2.74. The number of hydrogen-bond acceptors (Lipinski definition) is 5. The normalized spacial score (nSPS) is 19.8. The molecule has 1 aromatic carbocycles. The molecule has 0 radical (unpaired) electrons. The zero-order chi connectivity index (χ0) is 21.6. The van der Waals surface area contributed by atoms with Gasteiger partial charge in [0.2, 0.25) is 11.8 Å². The predicted molar refractivity (Wildman–Crippen MR) is 113 cm³/mol. The molecule has 1 aromatic rings. The van der Waals surface area contributed by atoms with Crippen LogP contribution in [0.15, 0.2) is 42.5 Å². The topological polar surface area (TPSA) is 105 Å². The molecule has 0 unspecified atom stereocenters. The van der Waals surface area contributed by atoms with Crippen molar-refractivity contribution in [2.24, 2.45) is 5.92 Å². The smallest absolute Gasteiger partial charge is 0.305 e. The Kier molecular flexibility index (Phi) is 10.7. The number of carbonyl (C=O) groups excluding carboxylic acids is 3. The molecule has 0 saturated carbocycles. The Labute approximate surface area is 177 Å². The number of allylic oxidation sites excluding steroid dienone is 2. The minimum absolute atomic E-state index is 0.0290. The summed E-state index contributed by atoms with van der Waals surface area (Å²) in [7, 11) is 0. The van der Waals surface area contributed by atoms with Crippen LogP contribution in [0.1, 0.15) is 44.1 Å². The highest BCUT2D eigenvalue weighted by Gasteiger charge is 2.22. The molecule has 0 spiro atoms. The fraction of sp³-hybridized carbons (Fsp3) is 0.522. The number of carbonyl (C=O) groups is 3. The lowest BCUT2D eigenvalue weighted by Crippen LogP contribution is -2.42. The number of cyclic esters (lactones) is 1. The Bertz CT molecular complexity index is 705. The van der Waals surface area contributed by atoms with Gasteiger partial charge < -0.3 is 20.5 Å². The van der Waals surface area contributed by atoms with Gasteiger partial charge >= 0.3 is 5.97 Å². The van der Waals surface area contributed by atoms with Crippen molar-refractivity contribution in [1.82, 2.24) is 10.6 Å². The molecule has 7 nitrogen and oxygen atoms in total. The number of aliphatic hydroxyl groups is 1. The summed E-state index contributed by atoms with van der Waals surface area (Å²) in [6, 6.07) is 9.21. The van der Waals surface area contributed by atoms with Gasteiger partial charge in [0, 0.05) is 12.8 Å². The van der Waals surface area contributed by atoms with Crippen LogP contribution in [0.5, 0.6) is 0 Å². The molecule has 2 atom stereocenters. The van der Waals surface area contributed by atoms with Crippen molar-refractivity contribution in [1.29, 1.82) is 0 Å². The van der Waals surface area contributed by atoms with Gasteiger partial charge in [-0.15, -0.1) is 0 Å². The SMILES string of the molecule is O=C(C[C@H]1CC=CCCCCC(=O)OCCNC1=O)N[C@@H](CO)Cc1ccccc1. The molecule has 0 fully saturated rings. The maximum absolute atomic E-state index is 12.5. The predicted octanol–water partition coefficient (Wildman–Crippen LogP) is 1.89. The van der Waals surface area contributed by atoms with Crippen LogP contribution >= 0.6 is 0 Å². The van der Waals surface area contributed by atoms with Crippen LogP contribution in [0.25, 0.3) is 0 Å². The fourth-order valence-electron chi connectivity index (χ4n) is 3.32. The summed E-state index contributed by atoms with van der Waals surface area (Å²) in [5, 5.41) is 15.2. The standard InChI is InChI=1S/C23H32N2O5/c26-17-20(15-18-9-5-4-6-10-18)25-21(27)16-19-11-7-2-1-3-8-12-22(28)30-14-13-24-23(19)29/h2,4-7,9-10,19-20,26H,1,3,8,11-17H2,(H,24,29)(H,25,27)/t19-,20-/m1/s1. The van der Waals surface area contributed by atoms with Gasteiger partial charge in [0.25, 0.3) is 0 Å². The number of ether oxygens (including phenoxy) is 1. The van der Waals surface area contributed by atoms with E-state index in [1.807, 2.05) is 42.5 Å². The van der Waals surface area contributed by atoms with E-state index in [2.05, 4.69) is 10.6 Å². The monoisotopic (exact) mass is 416 g/mol. The summed E-state index contributed by atoms with van der Waals surface area (Å²) in [5.74, 6) is -1.29. The van der Waals surface area contributed by atoms with Crippen molar-refractivity contribution in [3.63, 3.8) is 0 Å². The Morgan fingerprint density at radius 3 is 2.77 bits per heavy atom. The van der Waals surface area contributed by atoms with Crippen LogP contribution in [0.4, 0.5) is 0 Å². The highest BCUT2D eigenvalue weighted by Crippen LogP contribution is 2.13. The van der Waals surface area contributed by atoms with Crippen LogP contribution in [-0.4, -0.2) is 48.7 Å². The van der Waals surface area contributed by atoms with Crippen molar-refractivity contribution in [2.45, 2.75) is 51.0 Å². The third-order valence-corrected chi connectivity index (χ3v) is 4.97. The minimum Gasteiger partial charge on any atom is -0.464 e. The number of aliphatic hydroxyl groups excluding tert-OH is 1. The van der Waals surface area contributed by atoms with Gasteiger partial charge in [-0.1, -0.05) is 42.5 Å². The maximum atomic E-state index is 12.5. The van der Waals surface area contributed by atoms with E-state index >= 15 is 0 Å². The summed E-state index contributed by atoms with van der Waals surface area (Å²) in [5.41, 5.74) is 1.02. The highest BCUT2D eigenvalue weighted by molar-refractivity contribution is 5.86. The molecule has 1 aliphatic rings. The van der Waals surface area contributed by atoms with Crippen LogP contribution < -0.4 is 10.6 Å². The van der Waals surface area contributed by atoms with Crippen molar-refractivity contribution in [3.8, 4) is 0 Å². The van der Waals surface area contributed by atoms with Gasteiger partial charge in [-0.05, 0) is 37.7 Å². The number of nitrogens with one attached hydrogen (secondary N) is 2. The molecule has 2 amide bonds. The van der Waals surface area contributed by atoms with Gasteiger partial charge in [0.05, 0.1) is 25.1 Å². The first-order valence-electron chi connectivity index (χ1n) is 10.6. The van der Waals surface area contributed by atoms with Gasteiger partial charge in [0.15, 0.2) is 0 Å². The number of hydrogen-bond donors (Lipinski definition) is 3. The van der Waals surface area contributed by atoms with E-state index < -0.39 is 12.0 Å². The molecule has 3 N–H and O–H groups in total. The number of amides is 2. The molecule has 0 aliphatic carbocycles. The fourth-order valence-corrected chi connectivity index (χ4v) is 3.32. The molecular weight excluding hydrogens is 384 g/mol. The molecular formula is C23H32N2O5. The van der Waals surface area contributed by atoms with Crippen molar-refractivity contribution >= 4 is 17.8 Å². The maximum Gasteiger partial charge on any atom is 0.305 e. The van der Waals surface area contributed by atoms with Crippen LogP contribution in [0, 0.1) is 5.92 Å². The van der Waals surface area contributed by atoms with Gasteiger partial charge in [-0.25, -0.2) is 0 Å². The zero-order valence-electron chi connectivity index (χ0n) is 17.3. The molecule has 0 saturated heterocycles. The van der Waals surface area contributed by atoms with Gasteiger partial charge in [0.1, 0.15) is 6.61 Å². The second-order valence-electron chi connectivity index (χ2n) is 7.50. The molecule has 0 aromatic heterocycles. The summed E-state index contributed by atoms with van der Waals surface area (Å²) < 4.78 is 5.10. The first kappa shape index (κ1) is 23.6. The zero-order valence-corrected chi connectivity index (χ0v) is 17.3. The first-order valence-corrected chi connectivity index (χ1v) is 10.6. The quantitative estimate of drug-likeness (QED) is 0.485. The summed E-state index contributed by atoms with van der Waals surface area (Å²) in [6.45, 7) is 0.172.